The lowest BCUT2D eigenvalue weighted by molar-refractivity contribution is -0.107. The second-order valence-corrected chi connectivity index (χ2v) is 3.06. The number of rotatable bonds is 6. The molecule has 4 heteroatoms. The molecular formula is C11H12F2O2. The van der Waals surface area contributed by atoms with E-state index in [0.29, 0.717) is 19.3 Å². The summed E-state index contributed by atoms with van der Waals surface area (Å²) < 4.78 is 31.0. The Labute approximate surface area is 86.9 Å². The maximum absolute atomic E-state index is 13.0. The molecule has 0 unspecified atom stereocenters. The van der Waals surface area contributed by atoms with E-state index < -0.39 is 11.6 Å². The van der Waals surface area contributed by atoms with Crippen molar-refractivity contribution in [3.8, 4) is 5.75 Å². The summed E-state index contributed by atoms with van der Waals surface area (Å²) in [6.07, 6.45) is 2.53. The van der Waals surface area contributed by atoms with Gasteiger partial charge in [0.2, 0.25) is 0 Å². The topological polar surface area (TPSA) is 26.3 Å². The first-order valence-electron chi connectivity index (χ1n) is 4.76. The van der Waals surface area contributed by atoms with E-state index in [-0.39, 0.29) is 12.4 Å². The van der Waals surface area contributed by atoms with Gasteiger partial charge < -0.3 is 9.53 Å². The van der Waals surface area contributed by atoms with Gasteiger partial charge in [0.1, 0.15) is 6.29 Å². The minimum absolute atomic E-state index is 0.214. The van der Waals surface area contributed by atoms with Gasteiger partial charge in [-0.15, -0.1) is 0 Å². The summed E-state index contributed by atoms with van der Waals surface area (Å²) in [5, 5.41) is 0. The van der Waals surface area contributed by atoms with Gasteiger partial charge in [-0.25, -0.2) is 8.78 Å². The van der Waals surface area contributed by atoms with Crippen LogP contribution in [0.25, 0.3) is 0 Å². The zero-order valence-electron chi connectivity index (χ0n) is 8.21. The van der Waals surface area contributed by atoms with Crippen LogP contribution in [0.3, 0.4) is 0 Å². The van der Waals surface area contributed by atoms with Crippen LogP contribution in [0, 0.1) is 11.6 Å². The first-order valence-corrected chi connectivity index (χ1v) is 4.76. The van der Waals surface area contributed by atoms with Gasteiger partial charge in [-0.05, 0) is 25.0 Å². The van der Waals surface area contributed by atoms with Crippen LogP contribution < -0.4 is 4.74 Å². The average molecular weight is 214 g/mol. The molecule has 0 aliphatic carbocycles. The molecule has 1 aromatic carbocycles. The Balaban J connectivity index is 2.40. The molecule has 0 radical (unpaired) electrons. The molecule has 1 aromatic rings. The number of carbonyl (C=O) groups excluding carboxylic acids is 1. The predicted octanol–water partition coefficient (Wildman–Crippen LogP) is 2.71. The molecule has 1 rings (SSSR count). The predicted molar refractivity (Wildman–Crippen MR) is 51.8 cm³/mol. The number of ether oxygens (including phenoxy) is 1. The van der Waals surface area contributed by atoms with Gasteiger partial charge in [0.05, 0.1) is 6.61 Å². The summed E-state index contributed by atoms with van der Waals surface area (Å²) in [6.45, 7) is 0.214. The monoisotopic (exact) mass is 214 g/mol. The highest BCUT2D eigenvalue weighted by molar-refractivity contribution is 5.48. The lowest BCUT2D eigenvalue weighted by atomic mass is 10.2. The molecule has 0 atom stereocenters. The molecule has 0 aliphatic rings. The Morgan fingerprint density at radius 3 is 2.47 bits per heavy atom. The molecule has 0 amide bonds. The molecule has 0 saturated heterocycles. The lowest BCUT2D eigenvalue weighted by Crippen LogP contribution is -2.01. The molecule has 0 N–H and O–H groups in total. The number of halogens is 2. The van der Waals surface area contributed by atoms with Crippen molar-refractivity contribution in [2.24, 2.45) is 0 Å². The molecule has 0 aliphatic heterocycles. The molecule has 0 heterocycles. The third-order valence-corrected chi connectivity index (χ3v) is 1.88. The smallest absolute Gasteiger partial charge is 0.190 e. The van der Waals surface area contributed by atoms with E-state index in [9.17, 15) is 13.6 Å². The van der Waals surface area contributed by atoms with E-state index in [1.165, 1.54) is 6.07 Å². The molecule has 82 valence electrons. The third-order valence-electron chi connectivity index (χ3n) is 1.88. The first kappa shape index (κ1) is 11.6. The SMILES string of the molecule is O=CCCCCOc1c(F)cccc1F. The average Bonchev–Trinajstić information content (AvgIpc) is 2.21. The van der Waals surface area contributed by atoms with Crippen LogP contribution in [0.5, 0.6) is 5.75 Å². The molecule has 2 nitrogen and oxygen atoms in total. The maximum Gasteiger partial charge on any atom is 0.190 e. The van der Waals surface area contributed by atoms with Crippen LogP contribution >= 0.6 is 0 Å². The quantitative estimate of drug-likeness (QED) is 0.537. The van der Waals surface area contributed by atoms with E-state index in [0.717, 1.165) is 18.4 Å². The lowest BCUT2D eigenvalue weighted by Gasteiger charge is -2.07. The largest absolute Gasteiger partial charge is 0.488 e. The van der Waals surface area contributed by atoms with Crippen LogP contribution in [-0.2, 0) is 4.79 Å². The minimum atomic E-state index is -0.703. The Morgan fingerprint density at radius 1 is 1.20 bits per heavy atom. The summed E-state index contributed by atoms with van der Waals surface area (Å²) in [7, 11) is 0. The Bertz CT molecular complexity index is 306. The van der Waals surface area contributed by atoms with E-state index in [1.54, 1.807) is 0 Å². The fourth-order valence-electron chi connectivity index (χ4n) is 1.12. The Hall–Kier alpha value is -1.45. The standard InChI is InChI=1S/C11H12F2O2/c12-9-5-4-6-10(13)11(9)15-8-3-1-2-7-14/h4-7H,1-3,8H2. The number of carbonyl (C=O) groups is 1. The molecule has 0 saturated carbocycles. The summed E-state index contributed by atoms with van der Waals surface area (Å²) in [6, 6.07) is 3.57. The molecule has 0 spiro atoms. The van der Waals surface area contributed by atoms with Gasteiger partial charge in [-0.1, -0.05) is 6.07 Å². The first-order chi connectivity index (χ1) is 7.25. The van der Waals surface area contributed by atoms with Crippen molar-refractivity contribution in [3.63, 3.8) is 0 Å². The number of para-hydroxylation sites is 1. The number of benzene rings is 1. The summed E-state index contributed by atoms with van der Waals surface area (Å²) in [5.41, 5.74) is 0. The fourth-order valence-corrected chi connectivity index (χ4v) is 1.12. The van der Waals surface area contributed by atoms with Gasteiger partial charge >= 0.3 is 0 Å². The van der Waals surface area contributed by atoms with Crippen LogP contribution in [0.4, 0.5) is 8.78 Å². The molecule has 0 aromatic heterocycles. The molecule has 0 bridgehead atoms. The van der Waals surface area contributed by atoms with Crippen molar-refractivity contribution in [1.29, 1.82) is 0 Å². The summed E-state index contributed by atoms with van der Waals surface area (Å²) >= 11 is 0. The minimum Gasteiger partial charge on any atom is -0.488 e. The second-order valence-electron chi connectivity index (χ2n) is 3.06. The van der Waals surface area contributed by atoms with Gasteiger partial charge in [0.25, 0.3) is 0 Å². The zero-order valence-corrected chi connectivity index (χ0v) is 8.21. The highest BCUT2D eigenvalue weighted by atomic mass is 19.1. The molecular weight excluding hydrogens is 202 g/mol. The van der Waals surface area contributed by atoms with Gasteiger partial charge in [-0.2, -0.15) is 0 Å². The van der Waals surface area contributed by atoms with E-state index in [2.05, 4.69) is 0 Å². The Morgan fingerprint density at radius 2 is 1.87 bits per heavy atom. The van der Waals surface area contributed by atoms with Crippen LogP contribution in [0.2, 0.25) is 0 Å². The van der Waals surface area contributed by atoms with Crippen LogP contribution in [0.1, 0.15) is 19.3 Å². The number of unbranched alkanes of at least 4 members (excludes halogenated alkanes) is 2. The molecule has 15 heavy (non-hydrogen) atoms. The third kappa shape index (κ3) is 3.65. The van der Waals surface area contributed by atoms with Crippen molar-refractivity contribution in [3.05, 3.63) is 29.8 Å². The fraction of sp³-hybridized carbons (Fsp3) is 0.364. The Kier molecular flexibility index (Phi) is 4.74. The van der Waals surface area contributed by atoms with Crippen molar-refractivity contribution < 1.29 is 18.3 Å². The van der Waals surface area contributed by atoms with Gasteiger partial charge in [-0.3, -0.25) is 0 Å². The second kappa shape index (κ2) is 6.11. The molecule has 0 fully saturated rings. The van der Waals surface area contributed by atoms with E-state index >= 15 is 0 Å². The van der Waals surface area contributed by atoms with Crippen molar-refractivity contribution in [1.82, 2.24) is 0 Å². The van der Waals surface area contributed by atoms with Crippen molar-refractivity contribution in [2.75, 3.05) is 6.61 Å². The number of hydrogen-bond donors (Lipinski definition) is 0. The normalized spacial score (nSPS) is 10.0. The van der Waals surface area contributed by atoms with Crippen LogP contribution in [-0.4, -0.2) is 12.9 Å². The number of aldehydes is 1. The van der Waals surface area contributed by atoms with Crippen molar-refractivity contribution >= 4 is 6.29 Å². The van der Waals surface area contributed by atoms with Gasteiger partial charge in [0.15, 0.2) is 17.4 Å². The number of hydrogen-bond acceptors (Lipinski definition) is 2. The van der Waals surface area contributed by atoms with E-state index in [1.807, 2.05) is 0 Å². The van der Waals surface area contributed by atoms with Crippen LogP contribution in [0.15, 0.2) is 18.2 Å². The van der Waals surface area contributed by atoms with Gasteiger partial charge in [0, 0.05) is 6.42 Å². The summed E-state index contributed by atoms with van der Waals surface area (Å²) in [4.78, 5) is 9.99. The summed E-state index contributed by atoms with van der Waals surface area (Å²) in [5.74, 6) is -1.75. The van der Waals surface area contributed by atoms with Crippen molar-refractivity contribution in [2.45, 2.75) is 19.3 Å². The zero-order chi connectivity index (χ0) is 11.1. The highest BCUT2D eigenvalue weighted by Gasteiger charge is 2.08. The maximum atomic E-state index is 13.0. The van der Waals surface area contributed by atoms with E-state index in [4.69, 9.17) is 4.74 Å². The highest BCUT2D eigenvalue weighted by Crippen LogP contribution is 2.20.